The zero-order valence-electron chi connectivity index (χ0n) is 9.35. The van der Waals surface area contributed by atoms with Crippen molar-refractivity contribution in [1.82, 2.24) is 0 Å². The molecule has 0 bridgehead atoms. The third-order valence-electron chi connectivity index (χ3n) is 2.48. The van der Waals surface area contributed by atoms with Crippen LogP contribution >= 0.6 is 0 Å². The Morgan fingerprint density at radius 3 is 2.61 bits per heavy atom. The molecule has 0 fully saturated rings. The van der Waals surface area contributed by atoms with Crippen LogP contribution in [0, 0.1) is 21.4 Å². The van der Waals surface area contributed by atoms with Gasteiger partial charge >= 0.3 is 0 Å². The van der Waals surface area contributed by atoms with E-state index in [4.69, 9.17) is 10.4 Å². The van der Waals surface area contributed by atoms with E-state index in [9.17, 15) is 20.3 Å². The Labute approximate surface area is 103 Å². The van der Waals surface area contributed by atoms with Crippen molar-refractivity contribution in [2.75, 3.05) is 6.61 Å². The van der Waals surface area contributed by atoms with Crippen LogP contribution in [0.15, 0.2) is 18.2 Å². The van der Waals surface area contributed by atoms with Crippen molar-refractivity contribution in [2.45, 2.75) is 18.6 Å². The Balaban J connectivity index is 3.10. The minimum Gasteiger partial charge on any atom is -0.396 e. The van der Waals surface area contributed by atoms with Crippen LogP contribution in [-0.2, 0) is 0 Å². The van der Waals surface area contributed by atoms with Crippen molar-refractivity contribution < 1.29 is 20.2 Å². The van der Waals surface area contributed by atoms with E-state index < -0.39 is 17.1 Å². The molecule has 0 aliphatic carbocycles. The number of nitrogens with zero attached hydrogens (tertiary/aromatic N) is 2. The molecule has 0 aliphatic heterocycles. The molecule has 0 amide bonds. The summed E-state index contributed by atoms with van der Waals surface area (Å²) >= 11 is 0. The summed E-state index contributed by atoms with van der Waals surface area (Å²) in [7, 11) is 0. The van der Waals surface area contributed by atoms with Gasteiger partial charge in [-0.2, -0.15) is 5.26 Å². The number of benzene rings is 1. The normalized spacial score (nSPS) is 13.7. The quantitative estimate of drug-likeness (QED) is 0.508. The molecule has 96 valence electrons. The van der Waals surface area contributed by atoms with E-state index in [0.717, 1.165) is 12.1 Å². The fourth-order valence-electron chi connectivity index (χ4n) is 1.51. The van der Waals surface area contributed by atoms with Crippen LogP contribution in [0.2, 0.25) is 0 Å². The molecule has 0 saturated carbocycles. The molecule has 1 aromatic carbocycles. The number of nitro benzene ring substituents is 1. The van der Waals surface area contributed by atoms with Crippen molar-refractivity contribution in [3.8, 4) is 6.07 Å². The highest BCUT2D eigenvalue weighted by molar-refractivity contribution is 5.47. The van der Waals surface area contributed by atoms with Crippen molar-refractivity contribution in [1.29, 1.82) is 5.26 Å². The van der Waals surface area contributed by atoms with Crippen LogP contribution in [0.4, 0.5) is 5.69 Å². The highest BCUT2D eigenvalue weighted by atomic mass is 16.6. The molecule has 2 unspecified atom stereocenters. The lowest BCUT2D eigenvalue weighted by atomic mass is 9.97. The number of hydrogen-bond acceptors (Lipinski definition) is 6. The zero-order chi connectivity index (χ0) is 13.7. The van der Waals surface area contributed by atoms with Gasteiger partial charge in [-0.1, -0.05) is 0 Å². The molecule has 0 saturated heterocycles. The van der Waals surface area contributed by atoms with E-state index in [1.54, 1.807) is 6.07 Å². The zero-order valence-corrected chi connectivity index (χ0v) is 9.35. The van der Waals surface area contributed by atoms with Crippen molar-refractivity contribution in [2.24, 2.45) is 0 Å². The third kappa shape index (κ3) is 3.01. The number of non-ortho nitro benzene ring substituents is 1. The fraction of sp³-hybridized carbons (Fsp3) is 0.364. The first-order valence-corrected chi connectivity index (χ1v) is 5.16. The van der Waals surface area contributed by atoms with E-state index in [0.29, 0.717) is 0 Å². The van der Waals surface area contributed by atoms with E-state index in [-0.39, 0.29) is 29.8 Å². The van der Waals surface area contributed by atoms with Crippen LogP contribution in [0.25, 0.3) is 0 Å². The van der Waals surface area contributed by atoms with Crippen LogP contribution < -0.4 is 0 Å². The van der Waals surface area contributed by atoms with Gasteiger partial charge in [-0.25, -0.2) is 0 Å². The molecular weight excluding hydrogens is 240 g/mol. The maximum Gasteiger partial charge on any atom is 0.270 e. The van der Waals surface area contributed by atoms with E-state index in [2.05, 4.69) is 0 Å². The highest BCUT2D eigenvalue weighted by Gasteiger charge is 2.22. The lowest BCUT2D eigenvalue weighted by Crippen LogP contribution is -2.20. The Morgan fingerprint density at radius 2 is 2.11 bits per heavy atom. The molecule has 3 N–H and O–H groups in total. The first-order chi connectivity index (χ1) is 8.51. The van der Waals surface area contributed by atoms with E-state index >= 15 is 0 Å². The fourth-order valence-corrected chi connectivity index (χ4v) is 1.51. The molecule has 0 radical (unpaired) electrons. The number of aliphatic hydroxyl groups excluding tert-OH is 3. The van der Waals surface area contributed by atoms with Gasteiger partial charge in [0.15, 0.2) is 0 Å². The van der Waals surface area contributed by atoms with Crippen LogP contribution in [-0.4, -0.2) is 33.0 Å². The minimum atomic E-state index is -1.37. The molecule has 0 heterocycles. The monoisotopic (exact) mass is 252 g/mol. The first kappa shape index (κ1) is 14.1. The molecule has 0 aliphatic rings. The topological polar surface area (TPSA) is 128 Å². The Morgan fingerprint density at radius 1 is 1.44 bits per heavy atom. The smallest absolute Gasteiger partial charge is 0.270 e. The average Bonchev–Trinajstić information content (AvgIpc) is 2.37. The number of nitriles is 1. The summed E-state index contributed by atoms with van der Waals surface area (Å²) in [6.07, 6.45) is -2.65. The summed E-state index contributed by atoms with van der Waals surface area (Å²) in [6, 6.07) is 5.13. The molecular formula is C11H12N2O5. The van der Waals surface area contributed by atoms with Gasteiger partial charge in [0.2, 0.25) is 0 Å². The minimum absolute atomic E-state index is 0.0526. The van der Waals surface area contributed by atoms with Gasteiger partial charge in [0.25, 0.3) is 5.69 Å². The van der Waals surface area contributed by atoms with Gasteiger partial charge in [-0.05, 0) is 12.5 Å². The summed E-state index contributed by atoms with van der Waals surface area (Å²) in [6.45, 7) is -0.312. The van der Waals surface area contributed by atoms with Gasteiger partial charge in [-0.15, -0.1) is 0 Å². The first-order valence-electron chi connectivity index (χ1n) is 5.16. The summed E-state index contributed by atoms with van der Waals surface area (Å²) in [5.41, 5.74) is -0.239. The predicted octanol–water partition coefficient (Wildman–Crippen LogP) is 0.243. The molecule has 18 heavy (non-hydrogen) atoms. The Kier molecular flexibility index (Phi) is 4.74. The number of nitro groups is 1. The van der Waals surface area contributed by atoms with Gasteiger partial charge in [0.1, 0.15) is 6.10 Å². The largest absolute Gasteiger partial charge is 0.396 e. The Bertz CT molecular complexity index is 483. The number of hydrogen-bond donors (Lipinski definition) is 3. The van der Waals surface area contributed by atoms with Crippen LogP contribution in [0.3, 0.4) is 0 Å². The maximum atomic E-state index is 10.5. The summed E-state index contributed by atoms with van der Waals surface area (Å²) in [4.78, 5) is 9.89. The summed E-state index contributed by atoms with van der Waals surface area (Å²) in [5.74, 6) is 0. The van der Waals surface area contributed by atoms with Gasteiger partial charge < -0.3 is 15.3 Å². The molecule has 0 spiro atoms. The molecule has 1 aromatic rings. The number of aliphatic hydroxyl groups is 3. The molecule has 1 rings (SSSR count). The second kappa shape index (κ2) is 6.07. The van der Waals surface area contributed by atoms with Crippen molar-refractivity contribution >= 4 is 5.69 Å². The van der Waals surface area contributed by atoms with Crippen LogP contribution in [0.5, 0.6) is 0 Å². The van der Waals surface area contributed by atoms with Gasteiger partial charge in [-0.3, -0.25) is 10.1 Å². The van der Waals surface area contributed by atoms with Crippen LogP contribution in [0.1, 0.15) is 23.7 Å². The second-order valence-electron chi connectivity index (χ2n) is 3.66. The standard InChI is InChI=1S/C11H12N2O5/c12-6-7-5-8(13(17)18)1-2-9(7)11(16)10(15)3-4-14/h1-2,5,10-11,14-16H,3-4H2. The number of rotatable bonds is 5. The molecule has 7 heteroatoms. The molecule has 2 atom stereocenters. The van der Waals surface area contributed by atoms with Crippen molar-refractivity contribution in [3.63, 3.8) is 0 Å². The lowest BCUT2D eigenvalue weighted by molar-refractivity contribution is -0.384. The van der Waals surface area contributed by atoms with E-state index in [1.165, 1.54) is 6.07 Å². The second-order valence-corrected chi connectivity index (χ2v) is 3.66. The lowest BCUT2D eigenvalue weighted by Gasteiger charge is -2.18. The summed E-state index contributed by atoms with van der Waals surface area (Å²) < 4.78 is 0. The van der Waals surface area contributed by atoms with E-state index in [1.807, 2.05) is 0 Å². The maximum absolute atomic E-state index is 10.5. The summed E-state index contributed by atoms with van der Waals surface area (Å²) in [5, 5.41) is 47.4. The Hall–Kier alpha value is -2.01. The third-order valence-corrected chi connectivity index (χ3v) is 2.48. The predicted molar refractivity (Wildman–Crippen MR) is 60.5 cm³/mol. The average molecular weight is 252 g/mol. The van der Waals surface area contributed by atoms with Gasteiger partial charge in [0.05, 0.1) is 22.7 Å². The van der Waals surface area contributed by atoms with Gasteiger partial charge in [0, 0.05) is 24.3 Å². The SMILES string of the molecule is N#Cc1cc([N+](=O)[O-])ccc1C(O)C(O)CCO. The molecule has 7 nitrogen and oxygen atoms in total. The molecule has 0 aromatic heterocycles. The highest BCUT2D eigenvalue weighted by Crippen LogP contribution is 2.25. The van der Waals surface area contributed by atoms with Crippen molar-refractivity contribution in [3.05, 3.63) is 39.4 Å².